The van der Waals surface area contributed by atoms with Gasteiger partial charge in [-0.15, -0.1) is 0 Å². The van der Waals surface area contributed by atoms with Crippen LogP contribution in [0.15, 0.2) is 30.3 Å². The van der Waals surface area contributed by atoms with Gasteiger partial charge in [-0.05, 0) is 31.9 Å². The fourth-order valence-electron chi connectivity index (χ4n) is 1.54. The summed E-state index contributed by atoms with van der Waals surface area (Å²) in [5, 5.41) is 3.85. The molecule has 0 aromatic heterocycles. The quantitative estimate of drug-likeness (QED) is 0.800. The first-order valence-corrected chi connectivity index (χ1v) is 6.19. The van der Waals surface area contributed by atoms with Crippen molar-refractivity contribution in [3.8, 4) is 0 Å². The molecule has 0 saturated carbocycles. The maximum absolute atomic E-state index is 5.32. The van der Waals surface area contributed by atoms with Gasteiger partial charge >= 0.3 is 0 Å². The molecule has 0 aliphatic heterocycles. The first-order chi connectivity index (χ1) is 8.13. The van der Waals surface area contributed by atoms with Crippen LogP contribution in [0.2, 0.25) is 0 Å². The normalized spacial score (nSPS) is 10.4. The van der Waals surface area contributed by atoms with E-state index in [1.54, 1.807) is 0 Å². The zero-order chi connectivity index (χ0) is 12.7. The summed E-state index contributed by atoms with van der Waals surface area (Å²) in [5.41, 5.74) is 1.28. The average molecular weight is 251 g/mol. The van der Waals surface area contributed by atoms with Gasteiger partial charge in [0.2, 0.25) is 0 Å². The van der Waals surface area contributed by atoms with Crippen molar-refractivity contribution in [2.75, 3.05) is 34.2 Å². The van der Waals surface area contributed by atoms with E-state index in [0.29, 0.717) is 0 Å². The molecular formula is C13H21N3S. The van der Waals surface area contributed by atoms with Crippen molar-refractivity contribution in [2.45, 2.75) is 6.54 Å². The van der Waals surface area contributed by atoms with Crippen molar-refractivity contribution in [2.24, 2.45) is 0 Å². The molecule has 0 amide bonds. The second-order valence-corrected chi connectivity index (χ2v) is 4.65. The SMILES string of the molecule is CNC(=S)N(CCN(C)C)Cc1ccccc1. The topological polar surface area (TPSA) is 18.5 Å². The van der Waals surface area contributed by atoms with Crippen LogP contribution < -0.4 is 5.32 Å². The van der Waals surface area contributed by atoms with Gasteiger partial charge in [-0.3, -0.25) is 0 Å². The second kappa shape index (κ2) is 7.25. The molecule has 0 aliphatic rings. The molecule has 17 heavy (non-hydrogen) atoms. The molecule has 0 heterocycles. The van der Waals surface area contributed by atoms with Crippen LogP contribution in [0.25, 0.3) is 0 Å². The Labute approximate surface area is 109 Å². The van der Waals surface area contributed by atoms with E-state index >= 15 is 0 Å². The van der Waals surface area contributed by atoms with Crippen LogP contribution >= 0.6 is 12.2 Å². The Morgan fingerprint density at radius 1 is 1.18 bits per heavy atom. The smallest absolute Gasteiger partial charge is 0.169 e. The molecular weight excluding hydrogens is 230 g/mol. The summed E-state index contributed by atoms with van der Waals surface area (Å²) in [7, 11) is 6.02. The van der Waals surface area contributed by atoms with E-state index in [1.807, 2.05) is 13.1 Å². The van der Waals surface area contributed by atoms with E-state index in [1.165, 1.54) is 5.56 Å². The van der Waals surface area contributed by atoms with E-state index in [0.717, 1.165) is 24.7 Å². The molecule has 0 spiro atoms. The molecule has 0 aliphatic carbocycles. The van der Waals surface area contributed by atoms with E-state index in [-0.39, 0.29) is 0 Å². The Kier molecular flexibility index (Phi) is 5.94. The maximum Gasteiger partial charge on any atom is 0.169 e. The lowest BCUT2D eigenvalue weighted by Gasteiger charge is -2.26. The molecule has 1 aromatic rings. The number of benzene rings is 1. The molecule has 1 N–H and O–H groups in total. The van der Waals surface area contributed by atoms with E-state index in [9.17, 15) is 0 Å². The number of nitrogens with one attached hydrogen (secondary N) is 1. The van der Waals surface area contributed by atoms with Crippen molar-refractivity contribution in [1.29, 1.82) is 0 Å². The zero-order valence-electron chi connectivity index (χ0n) is 10.8. The summed E-state index contributed by atoms with van der Waals surface area (Å²) in [6.07, 6.45) is 0. The summed E-state index contributed by atoms with van der Waals surface area (Å²) in [6.45, 7) is 2.78. The lowest BCUT2D eigenvalue weighted by Crippen LogP contribution is -2.41. The van der Waals surface area contributed by atoms with Crippen LogP contribution in [-0.4, -0.2) is 49.1 Å². The van der Waals surface area contributed by atoms with Gasteiger partial charge in [-0.25, -0.2) is 0 Å². The van der Waals surface area contributed by atoms with Gasteiger partial charge in [-0.2, -0.15) is 0 Å². The maximum atomic E-state index is 5.32. The molecule has 0 bridgehead atoms. The summed E-state index contributed by atoms with van der Waals surface area (Å²) >= 11 is 5.32. The highest BCUT2D eigenvalue weighted by Gasteiger charge is 2.08. The number of hydrogen-bond donors (Lipinski definition) is 1. The van der Waals surface area contributed by atoms with E-state index in [4.69, 9.17) is 12.2 Å². The predicted octanol–water partition coefficient (Wildman–Crippen LogP) is 1.55. The third-order valence-electron chi connectivity index (χ3n) is 2.53. The third kappa shape index (κ3) is 5.15. The highest BCUT2D eigenvalue weighted by Crippen LogP contribution is 2.04. The van der Waals surface area contributed by atoms with Crippen LogP contribution in [0.4, 0.5) is 0 Å². The number of hydrogen-bond acceptors (Lipinski definition) is 2. The van der Waals surface area contributed by atoms with Crippen LogP contribution in [0.5, 0.6) is 0 Å². The predicted molar refractivity (Wildman–Crippen MR) is 77.1 cm³/mol. The molecule has 1 rings (SSSR count). The highest BCUT2D eigenvalue weighted by atomic mass is 32.1. The number of nitrogens with zero attached hydrogens (tertiary/aromatic N) is 2. The molecule has 0 fully saturated rings. The Morgan fingerprint density at radius 2 is 1.82 bits per heavy atom. The molecule has 4 heteroatoms. The van der Waals surface area contributed by atoms with Gasteiger partial charge in [0.25, 0.3) is 0 Å². The van der Waals surface area contributed by atoms with E-state index < -0.39 is 0 Å². The fraction of sp³-hybridized carbons (Fsp3) is 0.462. The summed E-state index contributed by atoms with van der Waals surface area (Å²) in [4.78, 5) is 4.35. The minimum atomic E-state index is 0.802. The standard InChI is InChI=1S/C13H21N3S/c1-14-13(17)16(10-9-15(2)3)11-12-7-5-4-6-8-12/h4-8H,9-11H2,1-3H3,(H,14,17). The minimum Gasteiger partial charge on any atom is -0.366 e. The lowest BCUT2D eigenvalue weighted by molar-refractivity contribution is 0.323. The highest BCUT2D eigenvalue weighted by molar-refractivity contribution is 7.80. The monoisotopic (exact) mass is 251 g/mol. The third-order valence-corrected chi connectivity index (χ3v) is 3.00. The second-order valence-electron chi connectivity index (χ2n) is 4.27. The van der Waals surface area contributed by atoms with Gasteiger partial charge in [0.1, 0.15) is 0 Å². The number of thiocarbonyl (C=S) groups is 1. The lowest BCUT2D eigenvalue weighted by atomic mass is 10.2. The van der Waals surface area contributed by atoms with Crippen molar-refractivity contribution in [3.05, 3.63) is 35.9 Å². The average Bonchev–Trinajstić information content (AvgIpc) is 2.34. The Balaban J connectivity index is 2.60. The van der Waals surface area contributed by atoms with Crippen LogP contribution in [0.1, 0.15) is 5.56 Å². The van der Waals surface area contributed by atoms with Crippen LogP contribution in [-0.2, 0) is 6.54 Å². The molecule has 0 unspecified atom stereocenters. The summed E-state index contributed by atoms with van der Waals surface area (Å²) < 4.78 is 0. The number of rotatable bonds is 5. The minimum absolute atomic E-state index is 0.802. The van der Waals surface area contributed by atoms with Crippen LogP contribution in [0, 0.1) is 0 Å². The first-order valence-electron chi connectivity index (χ1n) is 5.79. The van der Waals surface area contributed by atoms with Crippen molar-refractivity contribution < 1.29 is 0 Å². The Hall–Kier alpha value is -1.13. The van der Waals surface area contributed by atoms with Crippen molar-refractivity contribution in [1.82, 2.24) is 15.1 Å². The summed E-state index contributed by atoms with van der Waals surface area (Å²) in [6, 6.07) is 10.4. The summed E-state index contributed by atoms with van der Waals surface area (Å²) in [5.74, 6) is 0. The van der Waals surface area contributed by atoms with Crippen molar-refractivity contribution in [3.63, 3.8) is 0 Å². The van der Waals surface area contributed by atoms with Gasteiger partial charge in [0.05, 0.1) is 0 Å². The van der Waals surface area contributed by atoms with Crippen LogP contribution in [0.3, 0.4) is 0 Å². The number of likely N-dealkylation sites (N-methyl/N-ethyl adjacent to an activating group) is 1. The molecule has 94 valence electrons. The van der Waals surface area contributed by atoms with Gasteiger partial charge < -0.3 is 15.1 Å². The fourth-order valence-corrected chi connectivity index (χ4v) is 1.69. The molecule has 3 nitrogen and oxygen atoms in total. The largest absolute Gasteiger partial charge is 0.366 e. The zero-order valence-corrected chi connectivity index (χ0v) is 11.6. The molecule has 1 aromatic carbocycles. The molecule has 0 radical (unpaired) electrons. The van der Waals surface area contributed by atoms with Gasteiger partial charge in [0, 0.05) is 26.7 Å². The molecule has 0 saturated heterocycles. The van der Waals surface area contributed by atoms with Crippen molar-refractivity contribution >= 4 is 17.3 Å². The van der Waals surface area contributed by atoms with Gasteiger partial charge in [0.15, 0.2) is 5.11 Å². The Morgan fingerprint density at radius 3 is 2.35 bits per heavy atom. The van der Waals surface area contributed by atoms with E-state index in [2.05, 4.69) is 53.5 Å². The Bertz CT molecular complexity index is 338. The van der Waals surface area contributed by atoms with Gasteiger partial charge in [-0.1, -0.05) is 30.3 Å². The first kappa shape index (κ1) is 13.9. The molecule has 0 atom stereocenters.